The van der Waals surface area contributed by atoms with Gasteiger partial charge in [0.2, 0.25) is 5.91 Å². The molecule has 1 aliphatic heterocycles. The van der Waals surface area contributed by atoms with Gasteiger partial charge in [-0.2, -0.15) is 0 Å². The predicted octanol–water partition coefficient (Wildman–Crippen LogP) is 4.15. The number of amides is 1. The van der Waals surface area contributed by atoms with Crippen LogP contribution in [0, 0.1) is 0 Å². The highest BCUT2D eigenvalue weighted by molar-refractivity contribution is 6.02. The Hall–Kier alpha value is -3.47. The van der Waals surface area contributed by atoms with E-state index in [0.717, 1.165) is 22.4 Å². The standard InChI is InChI=1S/C23H20N2O3/c26-21(19-14-20-17(13-22(19)27)6-9-23(28)25-20)8-7-18-12-16(10-11-24-18)15-4-2-1-3-5-15/h1-5,10-14,27H,6-9H2,(H,25,28). The van der Waals surface area contributed by atoms with Crippen molar-refractivity contribution in [2.75, 3.05) is 5.32 Å². The van der Waals surface area contributed by atoms with E-state index in [-0.39, 0.29) is 29.4 Å². The topological polar surface area (TPSA) is 79.3 Å². The van der Waals surface area contributed by atoms with Gasteiger partial charge in [0.05, 0.1) is 5.56 Å². The van der Waals surface area contributed by atoms with E-state index < -0.39 is 0 Å². The zero-order valence-corrected chi connectivity index (χ0v) is 15.3. The Morgan fingerprint density at radius 3 is 2.68 bits per heavy atom. The molecule has 1 aliphatic rings. The molecule has 3 aromatic rings. The highest BCUT2D eigenvalue weighted by atomic mass is 16.3. The first kappa shape index (κ1) is 17.9. The minimum absolute atomic E-state index is 0.0362. The third-order valence-corrected chi connectivity index (χ3v) is 4.95. The van der Waals surface area contributed by atoms with Crippen molar-refractivity contribution in [1.29, 1.82) is 0 Å². The number of benzene rings is 2. The molecule has 0 bridgehead atoms. The van der Waals surface area contributed by atoms with Crippen molar-refractivity contribution < 1.29 is 14.7 Å². The Morgan fingerprint density at radius 2 is 1.86 bits per heavy atom. The maximum absolute atomic E-state index is 12.7. The SMILES string of the molecule is O=C1CCc2cc(O)c(C(=O)CCc3cc(-c4ccccc4)ccn3)cc2N1. The largest absolute Gasteiger partial charge is 0.507 e. The number of hydrogen-bond acceptors (Lipinski definition) is 4. The average Bonchev–Trinajstić information content (AvgIpc) is 2.72. The van der Waals surface area contributed by atoms with Crippen LogP contribution in [0.3, 0.4) is 0 Å². The molecule has 0 atom stereocenters. The number of aryl methyl sites for hydroxylation is 2. The molecular formula is C23H20N2O3. The average molecular weight is 372 g/mol. The second-order valence-corrected chi connectivity index (χ2v) is 6.90. The van der Waals surface area contributed by atoms with E-state index in [2.05, 4.69) is 10.3 Å². The molecule has 0 radical (unpaired) electrons. The zero-order chi connectivity index (χ0) is 19.5. The van der Waals surface area contributed by atoms with Crippen LogP contribution in [-0.2, 0) is 17.6 Å². The van der Waals surface area contributed by atoms with Crippen LogP contribution in [0.2, 0.25) is 0 Å². The quantitative estimate of drug-likeness (QED) is 0.521. The lowest BCUT2D eigenvalue weighted by atomic mass is 9.96. The molecule has 2 N–H and O–H groups in total. The fraction of sp³-hybridized carbons (Fsp3) is 0.174. The second kappa shape index (κ2) is 7.64. The van der Waals surface area contributed by atoms with Crippen molar-refractivity contribution in [1.82, 2.24) is 4.98 Å². The molecule has 4 rings (SSSR count). The molecule has 1 amide bonds. The number of carbonyl (C=O) groups is 2. The van der Waals surface area contributed by atoms with Crippen molar-refractivity contribution in [2.24, 2.45) is 0 Å². The van der Waals surface area contributed by atoms with Crippen molar-refractivity contribution in [3.8, 4) is 16.9 Å². The summed E-state index contributed by atoms with van der Waals surface area (Å²) in [6, 6.07) is 17.1. The number of aromatic nitrogens is 1. The number of phenolic OH excluding ortho intramolecular Hbond substituents is 1. The maximum Gasteiger partial charge on any atom is 0.224 e. The van der Waals surface area contributed by atoms with Crippen molar-refractivity contribution in [2.45, 2.75) is 25.7 Å². The summed E-state index contributed by atoms with van der Waals surface area (Å²) in [6.07, 6.45) is 3.41. The van der Waals surface area contributed by atoms with Gasteiger partial charge in [0.15, 0.2) is 5.78 Å². The lowest BCUT2D eigenvalue weighted by molar-refractivity contribution is -0.116. The van der Waals surface area contributed by atoms with Crippen molar-refractivity contribution in [3.05, 3.63) is 77.6 Å². The van der Waals surface area contributed by atoms with E-state index >= 15 is 0 Å². The number of fused-ring (bicyclic) bond motifs is 1. The van der Waals surface area contributed by atoms with Crippen LogP contribution in [0.1, 0.15) is 34.5 Å². The first-order chi connectivity index (χ1) is 13.6. The van der Waals surface area contributed by atoms with Gasteiger partial charge in [-0.25, -0.2) is 0 Å². The van der Waals surface area contributed by atoms with Crippen molar-refractivity contribution in [3.63, 3.8) is 0 Å². The fourth-order valence-corrected chi connectivity index (χ4v) is 3.44. The van der Waals surface area contributed by atoms with Crippen LogP contribution in [0.5, 0.6) is 5.75 Å². The third kappa shape index (κ3) is 3.78. The Kier molecular flexibility index (Phi) is 4.89. The van der Waals surface area contributed by atoms with Crippen LogP contribution >= 0.6 is 0 Å². The van der Waals surface area contributed by atoms with Crippen LogP contribution in [-0.4, -0.2) is 21.8 Å². The molecule has 140 valence electrons. The molecule has 0 saturated heterocycles. The highest BCUT2D eigenvalue weighted by Crippen LogP contribution is 2.31. The molecule has 2 aromatic carbocycles. The summed E-state index contributed by atoms with van der Waals surface area (Å²) in [5.74, 6) is -0.281. The van der Waals surface area contributed by atoms with Gasteiger partial charge >= 0.3 is 0 Å². The van der Waals surface area contributed by atoms with Gasteiger partial charge in [-0.05, 0) is 53.8 Å². The number of nitrogens with one attached hydrogen (secondary N) is 1. The normalized spacial score (nSPS) is 12.9. The minimum Gasteiger partial charge on any atom is -0.507 e. The lowest BCUT2D eigenvalue weighted by Crippen LogP contribution is -2.19. The molecule has 5 nitrogen and oxygen atoms in total. The van der Waals surface area contributed by atoms with Crippen LogP contribution in [0.4, 0.5) is 5.69 Å². The summed E-state index contributed by atoms with van der Waals surface area (Å²) < 4.78 is 0. The Labute approximate surface area is 163 Å². The molecule has 2 heterocycles. The van der Waals surface area contributed by atoms with Gasteiger partial charge in [-0.1, -0.05) is 30.3 Å². The Balaban J connectivity index is 1.49. The third-order valence-electron chi connectivity index (χ3n) is 4.95. The van der Waals surface area contributed by atoms with E-state index in [4.69, 9.17) is 0 Å². The molecule has 0 aliphatic carbocycles. The number of pyridine rings is 1. The van der Waals surface area contributed by atoms with Crippen molar-refractivity contribution >= 4 is 17.4 Å². The van der Waals surface area contributed by atoms with Crippen LogP contribution < -0.4 is 5.32 Å². The number of nitrogens with zero attached hydrogens (tertiary/aromatic N) is 1. The monoisotopic (exact) mass is 372 g/mol. The van der Waals surface area contributed by atoms with E-state index in [1.165, 1.54) is 0 Å². The number of carbonyl (C=O) groups excluding carboxylic acids is 2. The zero-order valence-electron chi connectivity index (χ0n) is 15.3. The molecule has 1 aromatic heterocycles. The summed E-state index contributed by atoms with van der Waals surface area (Å²) >= 11 is 0. The highest BCUT2D eigenvalue weighted by Gasteiger charge is 2.20. The molecule has 0 fully saturated rings. The minimum atomic E-state index is -0.174. The summed E-state index contributed by atoms with van der Waals surface area (Å²) in [7, 11) is 0. The van der Waals surface area contributed by atoms with E-state index in [1.807, 2.05) is 42.5 Å². The molecular weight excluding hydrogens is 352 g/mol. The number of hydrogen-bond donors (Lipinski definition) is 2. The number of ketones is 1. The molecule has 0 saturated carbocycles. The lowest BCUT2D eigenvalue weighted by Gasteiger charge is -2.18. The summed E-state index contributed by atoms with van der Waals surface area (Å²) in [5, 5.41) is 13.0. The maximum atomic E-state index is 12.7. The number of rotatable bonds is 5. The molecule has 0 spiro atoms. The number of phenols is 1. The molecule has 28 heavy (non-hydrogen) atoms. The van der Waals surface area contributed by atoms with Gasteiger partial charge in [-0.15, -0.1) is 0 Å². The van der Waals surface area contributed by atoms with Gasteiger partial charge in [-0.3, -0.25) is 14.6 Å². The Morgan fingerprint density at radius 1 is 1.04 bits per heavy atom. The number of aromatic hydroxyl groups is 1. The number of anilines is 1. The van der Waals surface area contributed by atoms with E-state index in [9.17, 15) is 14.7 Å². The van der Waals surface area contributed by atoms with Gasteiger partial charge in [0, 0.05) is 30.4 Å². The summed E-state index contributed by atoms with van der Waals surface area (Å²) in [6.45, 7) is 0. The first-order valence-corrected chi connectivity index (χ1v) is 9.29. The van der Waals surface area contributed by atoms with Gasteiger partial charge in [0.1, 0.15) is 5.75 Å². The molecule has 5 heteroatoms. The summed E-state index contributed by atoms with van der Waals surface area (Å²) in [4.78, 5) is 28.6. The van der Waals surface area contributed by atoms with Gasteiger partial charge in [0.25, 0.3) is 0 Å². The smallest absolute Gasteiger partial charge is 0.224 e. The summed E-state index contributed by atoms with van der Waals surface area (Å²) in [5.41, 5.74) is 4.67. The van der Waals surface area contributed by atoms with Crippen LogP contribution in [0.25, 0.3) is 11.1 Å². The van der Waals surface area contributed by atoms with Crippen LogP contribution in [0.15, 0.2) is 60.8 Å². The second-order valence-electron chi connectivity index (χ2n) is 6.90. The predicted molar refractivity (Wildman–Crippen MR) is 107 cm³/mol. The van der Waals surface area contributed by atoms with Gasteiger partial charge < -0.3 is 10.4 Å². The first-order valence-electron chi connectivity index (χ1n) is 9.29. The van der Waals surface area contributed by atoms with E-state index in [0.29, 0.717) is 24.9 Å². The number of Topliss-reactive ketones (excluding diaryl/α,β-unsaturated/α-hetero) is 1. The Bertz CT molecular complexity index is 1040. The van der Waals surface area contributed by atoms with E-state index in [1.54, 1.807) is 18.3 Å². The fourth-order valence-electron chi connectivity index (χ4n) is 3.44. The molecule has 0 unspecified atom stereocenters.